The molecule has 0 atom stereocenters. The first-order chi connectivity index (χ1) is 6.66. The molecule has 1 aromatic carbocycles. The summed E-state index contributed by atoms with van der Waals surface area (Å²) in [7, 11) is 0. The smallest absolute Gasteiger partial charge is 0.0612 e. The van der Waals surface area contributed by atoms with Crippen molar-refractivity contribution in [2.24, 2.45) is 5.73 Å². The summed E-state index contributed by atoms with van der Waals surface area (Å²) in [6.45, 7) is 2.45. The van der Waals surface area contributed by atoms with Gasteiger partial charge in [0.1, 0.15) is 0 Å². The quantitative estimate of drug-likeness (QED) is 0.548. The van der Waals surface area contributed by atoms with Crippen LogP contribution in [-0.4, -0.2) is 6.54 Å². The summed E-state index contributed by atoms with van der Waals surface area (Å²) >= 11 is 6.06. The molecule has 0 saturated carbocycles. The van der Waals surface area contributed by atoms with Gasteiger partial charge in [0.25, 0.3) is 0 Å². The minimum absolute atomic E-state index is 0.568. The maximum Gasteiger partial charge on any atom is 0.0612 e. The Labute approximate surface area is 89.2 Å². The van der Waals surface area contributed by atoms with Crippen molar-refractivity contribution >= 4 is 17.3 Å². The topological polar surface area (TPSA) is 52.0 Å². The van der Waals surface area contributed by atoms with Gasteiger partial charge in [0, 0.05) is 24.2 Å². The molecule has 0 aromatic heterocycles. The maximum atomic E-state index is 6.06. The van der Waals surface area contributed by atoms with Crippen LogP contribution in [0.5, 0.6) is 0 Å². The van der Waals surface area contributed by atoms with Crippen LogP contribution in [0.4, 0.5) is 5.69 Å². The Hall–Kier alpha value is -1.17. The van der Waals surface area contributed by atoms with Crippen LogP contribution < -0.4 is 11.5 Å². The van der Waals surface area contributed by atoms with Crippen LogP contribution in [0.1, 0.15) is 17.5 Å². The number of nitrogen functional groups attached to an aromatic ring is 1. The van der Waals surface area contributed by atoms with Gasteiger partial charge in [-0.15, -0.1) is 0 Å². The van der Waals surface area contributed by atoms with E-state index in [1.807, 2.05) is 19.1 Å². The highest BCUT2D eigenvalue weighted by molar-refractivity contribution is 6.32. The molecule has 1 rings (SSSR count). The molecule has 0 heterocycles. The van der Waals surface area contributed by atoms with E-state index in [-0.39, 0.29) is 0 Å². The molecule has 0 bridgehead atoms. The fourth-order valence-corrected chi connectivity index (χ4v) is 1.25. The predicted molar refractivity (Wildman–Crippen MR) is 61.2 cm³/mol. The standard InChI is InChI=1S/C11H13ClN2/c1-8-10(14)6-5-9(11(8)12)4-2-3-7-13/h5-6H,3,7,13-14H2,1H3. The van der Waals surface area contributed by atoms with Crippen LogP contribution >= 0.6 is 11.6 Å². The van der Waals surface area contributed by atoms with E-state index in [0.29, 0.717) is 23.7 Å². The first-order valence-electron chi connectivity index (χ1n) is 4.40. The Bertz CT molecular complexity index is 388. The van der Waals surface area contributed by atoms with Crippen molar-refractivity contribution in [2.45, 2.75) is 13.3 Å². The van der Waals surface area contributed by atoms with Gasteiger partial charge in [-0.05, 0) is 24.6 Å². The molecule has 0 aliphatic carbocycles. The van der Waals surface area contributed by atoms with Crippen LogP contribution in [-0.2, 0) is 0 Å². The minimum Gasteiger partial charge on any atom is -0.398 e. The average molecular weight is 209 g/mol. The number of nitrogens with two attached hydrogens (primary N) is 2. The molecule has 0 radical (unpaired) electrons. The summed E-state index contributed by atoms with van der Waals surface area (Å²) in [6, 6.07) is 3.64. The van der Waals surface area contributed by atoms with E-state index in [0.717, 1.165) is 11.1 Å². The third-order valence-electron chi connectivity index (χ3n) is 1.92. The summed E-state index contributed by atoms with van der Waals surface area (Å²) < 4.78 is 0. The highest BCUT2D eigenvalue weighted by Gasteiger charge is 2.03. The van der Waals surface area contributed by atoms with Gasteiger partial charge < -0.3 is 11.5 Å². The Morgan fingerprint density at radius 3 is 2.79 bits per heavy atom. The van der Waals surface area contributed by atoms with Crippen molar-refractivity contribution in [2.75, 3.05) is 12.3 Å². The minimum atomic E-state index is 0.568. The lowest BCUT2D eigenvalue weighted by molar-refractivity contribution is 1.03. The summed E-state index contributed by atoms with van der Waals surface area (Å²) in [5.74, 6) is 5.90. The van der Waals surface area contributed by atoms with Crippen LogP contribution in [0.25, 0.3) is 0 Å². The second kappa shape index (κ2) is 4.90. The number of hydrogen-bond acceptors (Lipinski definition) is 2. The van der Waals surface area contributed by atoms with Gasteiger partial charge in [0.15, 0.2) is 0 Å². The summed E-state index contributed by atoms with van der Waals surface area (Å²) in [4.78, 5) is 0. The maximum absolute atomic E-state index is 6.06. The number of anilines is 1. The van der Waals surface area contributed by atoms with E-state index < -0.39 is 0 Å². The zero-order valence-electron chi connectivity index (χ0n) is 8.10. The molecular weight excluding hydrogens is 196 g/mol. The molecule has 0 aliphatic rings. The monoisotopic (exact) mass is 208 g/mol. The molecule has 0 fully saturated rings. The van der Waals surface area contributed by atoms with Gasteiger partial charge in [-0.3, -0.25) is 0 Å². The molecule has 0 unspecified atom stereocenters. The summed E-state index contributed by atoms with van der Waals surface area (Å²) in [5, 5.41) is 0.634. The largest absolute Gasteiger partial charge is 0.398 e. The number of hydrogen-bond donors (Lipinski definition) is 2. The van der Waals surface area contributed by atoms with Crippen molar-refractivity contribution in [3.05, 3.63) is 28.3 Å². The fraction of sp³-hybridized carbons (Fsp3) is 0.273. The van der Waals surface area contributed by atoms with Gasteiger partial charge in [-0.1, -0.05) is 23.4 Å². The van der Waals surface area contributed by atoms with Gasteiger partial charge in [-0.25, -0.2) is 0 Å². The zero-order valence-corrected chi connectivity index (χ0v) is 8.86. The second-order valence-electron chi connectivity index (χ2n) is 2.98. The zero-order chi connectivity index (χ0) is 10.6. The van der Waals surface area contributed by atoms with E-state index >= 15 is 0 Å². The Morgan fingerprint density at radius 2 is 2.14 bits per heavy atom. The predicted octanol–water partition coefficient (Wildman–Crippen LogP) is 1.93. The highest BCUT2D eigenvalue weighted by Crippen LogP contribution is 2.24. The van der Waals surface area contributed by atoms with Crippen molar-refractivity contribution in [3.63, 3.8) is 0 Å². The molecule has 3 heteroatoms. The Kier molecular flexibility index (Phi) is 3.82. The van der Waals surface area contributed by atoms with Crippen molar-refractivity contribution in [1.29, 1.82) is 0 Å². The SMILES string of the molecule is Cc1c(N)ccc(C#CCCN)c1Cl. The van der Waals surface area contributed by atoms with Crippen LogP contribution in [0.3, 0.4) is 0 Å². The van der Waals surface area contributed by atoms with Crippen molar-refractivity contribution in [1.82, 2.24) is 0 Å². The van der Waals surface area contributed by atoms with Crippen LogP contribution in [0, 0.1) is 18.8 Å². The van der Waals surface area contributed by atoms with E-state index in [4.69, 9.17) is 23.1 Å². The first kappa shape index (κ1) is 10.9. The van der Waals surface area contributed by atoms with E-state index in [1.54, 1.807) is 0 Å². The fourth-order valence-electron chi connectivity index (χ4n) is 1.03. The number of halogens is 1. The van der Waals surface area contributed by atoms with Crippen LogP contribution in [0.15, 0.2) is 12.1 Å². The van der Waals surface area contributed by atoms with E-state index in [9.17, 15) is 0 Å². The van der Waals surface area contributed by atoms with Crippen molar-refractivity contribution in [3.8, 4) is 11.8 Å². The lowest BCUT2D eigenvalue weighted by Crippen LogP contribution is -1.95. The molecule has 1 aromatic rings. The lowest BCUT2D eigenvalue weighted by atomic mass is 10.1. The van der Waals surface area contributed by atoms with Gasteiger partial charge in [0.2, 0.25) is 0 Å². The molecular formula is C11H13ClN2. The Morgan fingerprint density at radius 1 is 1.43 bits per heavy atom. The molecule has 74 valence electrons. The van der Waals surface area contributed by atoms with Crippen molar-refractivity contribution < 1.29 is 0 Å². The lowest BCUT2D eigenvalue weighted by Gasteiger charge is -2.03. The van der Waals surface area contributed by atoms with E-state index in [2.05, 4.69) is 11.8 Å². The molecule has 0 spiro atoms. The molecule has 0 saturated heterocycles. The van der Waals surface area contributed by atoms with Gasteiger partial charge in [0.05, 0.1) is 5.02 Å². The molecule has 2 nitrogen and oxygen atoms in total. The first-order valence-corrected chi connectivity index (χ1v) is 4.78. The highest BCUT2D eigenvalue weighted by atomic mass is 35.5. The van der Waals surface area contributed by atoms with Gasteiger partial charge >= 0.3 is 0 Å². The van der Waals surface area contributed by atoms with Gasteiger partial charge in [-0.2, -0.15) is 0 Å². The van der Waals surface area contributed by atoms with Crippen LogP contribution in [0.2, 0.25) is 5.02 Å². The molecule has 4 N–H and O–H groups in total. The number of benzene rings is 1. The molecule has 0 amide bonds. The molecule has 0 aliphatic heterocycles. The second-order valence-corrected chi connectivity index (χ2v) is 3.36. The summed E-state index contributed by atoms with van der Waals surface area (Å²) in [5.41, 5.74) is 13.4. The third kappa shape index (κ3) is 2.41. The molecule has 14 heavy (non-hydrogen) atoms. The number of rotatable bonds is 1. The third-order valence-corrected chi connectivity index (χ3v) is 2.41. The summed E-state index contributed by atoms with van der Waals surface area (Å²) in [6.07, 6.45) is 0.680. The Balaban J connectivity index is 3.02. The van der Waals surface area contributed by atoms with E-state index in [1.165, 1.54) is 0 Å². The normalized spacial score (nSPS) is 9.36. The average Bonchev–Trinajstić information content (AvgIpc) is 2.18.